The molecule has 5 nitrogen and oxygen atoms in total. The van der Waals surface area contributed by atoms with Crippen LogP contribution in [0.25, 0.3) is 0 Å². The van der Waals surface area contributed by atoms with E-state index in [0.717, 1.165) is 17.3 Å². The van der Waals surface area contributed by atoms with E-state index in [2.05, 4.69) is 50.5 Å². The average Bonchev–Trinajstić information content (AvgIpc) is 3.13. The minimum Gasteiger partial charge on any atom is -0.343 e. The Morgan fingerprint density at radius 3 is 2.64 bits per heavy atom. The van der Waals surface area contributed by atoms with Crippen molar-refractivity contribution in [3.63, 3.8) is 0 Å². The number of likely N-dealkylation sites (tertiary alicyclic amines) is 1. The topological polar surface area (TPSA) is 62.3 Å². The molecule has 1 atom stereocenters. The molecule has 2 heterocycles. The number of carbonyl (C=O) groups is 2. The van der Waals surface area contributed by atoms with Crippen molar-refractivity contribution in [2.45, 2.75) is 38.0 Å². The van der Waals surface area contributed by atoms with Crippen molar-refractivity contribution in [3.8, 4) is 0 Å². The number of aryl methyl sites for hydroxylation is 1. The van der Waals surface area contributed by atoms with Gasteiger partial charge in [-0.05, 0) is 70.8 Å². The summed E-state index contributed by atoms with van der Waals surface area (Å²) in [5.41, 5.74) is 2.73. The number of pyridine rings is 1. The molecule has 1 aromatic heterocycles. The highest BCUT2D eigenvalue weighted by molar-refractivity contribution is 9.10. The van der Waals surface area contributed by atoms with Crippen molar-refractivity contribution < 1.29 is 9.59 Å². The number of nitrogens with zero attached hydrogens (tertiary/aromatic N) is 2. The smallest absolute Gasteiger partial charge is 0.228 e. The molecular weight excluding hydrogens is 418 g/mol. The minimum absolute atomic E-state index is 0.00774. The number of aromatic nitrogens is 1. The highest BCUT2D eigenvalue weighted by Crippen LogP contribution is 2.36. The molecule has 1 saturated heterocycles. The maximum Gasteiger partial charge on any atom is 0.228 e. The fourth-order valence-corrected chi connectivity index (χ4v) is 4.50. The van der Waals surface area contributed by atoms with Crippen molar-refractivity contribution in [2.75, 3.05) is 18.4 Å². The number of amides is 2. The molecule has 0 spiro atoms. The Kier molecular flexibility index (Phi) is 5.76. The summed E-state index contributed by atoms with van der Waals surface area (Å²) >= 11 is 3.34. The van der Waals surface area contributed by atoms with Crippen molar-refractivity contribution in [3.05, 3.63) is 58.2 Å². The standard InChI is InChI=1S/C22H24BrN3O2/c23-18-7-8-20(24-14-18)25-22(28)16-9-11-26(12-10-16)21(27)13-17-6-5-15-3-1-2-4-19(15)17/h1-4,7-8,14,16-17H,5-6,9-13H2,(H,24,25,28). The first-order valence-electron chi connectivity index (χ1n) is 9.88. The van der Waals surface area contributed by atoms with Crippen LogP contribution in [0.2, 0.25) is 0 Å². The number of nitrogens with one attached hydrogen (secondary N) is 1. The van der Waals surface area contributed by atoms with E-state index in [4.69, 9.17) is 0 Å². The van der Waals surface area contributed by atoms with Crippen LogP contribution in [-0.2, 0) is 16.0 Å². The monoisotopic (exact) mass is 441 g/mol. The molecule has 4 rings (SSSR count). The molecular formula is C22H24BrN3O2. The van der Waals surface area contributed by atoms with Gasteiger partial charge >= 0.3 is 0 Å². The molecule has 28 heavy (non-hydrogen) atoms. The molecule has 1 fully saturated rings. The van der Waals surface area contributed by atoms with Crippen LogP contribution >= 0.6 is 15.9 Å². The van der Waals surface area contributed by atoms with Gasteiger partial charge in [-0.2, -0.15) is 0 Å². The molecule has 1 aromatic carbocycles. The molecule has 2 amide bonds. The summed E-state index contributed by atoms with van der Waals surface area (Å²) < 4.78 is 0.877. The molecule has 6 heteroatoms. The van der Waals surface area contributed by atoms with Gasteiger partial charge in [0.15, 0.2) is 0 Å². The van der Waals surface area contributed by atoms with Crippen molar-refractivity contribution >= 4 is 33.6 Å². The first-order valence-corrected chi connectivity index (χ1v) is 10.7. The fourth-order valence-electron chi connectivity index (χ4n) is 4.27. The Balaban J connectivity index is 1.27. The number of piperidine rings is 1. The van der Waals surface area contributed by atoms with Crippen LogP contribution in [0.15, 0.2) is 47.1 Å². The maximum atomic E-state index is 12.8. The number of halogens is 1. The Morgan fingerprint density at radius 2 is 1.89 bits per heavy atom. The summed E-state index contributed by atoms with van der Waals surface area (Å²) in [6.07, 6.45) is 5.78. The molecule has 1 aliphatic carbocycles. The summed E-state index contributed by atoms with van der Waals surface area (Å²) in [4.78, 5) is 31.4. The number of rotatable bonds is 4. The molecule has 2 aliphatic rings. The number of hydrogen-bond acceptors (Lipinski definition) is 3. The molecule has 2 aromatic rings. The zero-order valence-corrected chi connectivity index (χ0v) is 17.3. The van der Waals surface area contributed by atoms with Gasteiger partial charge in [-0.25, -0.2) is 4.98 Å². The van der Waals surface area contributed by atoms with Gasteiger partial charge in [0.1, 0.15) is 5.82 Å². The van der Waals surface area contributed by atoms with Gasteiger partial charge in [0.2, 0.25) is 11.8 Å². The zero-order valence-electron chi connectivity index (χ0n) is 15.7. The van der Waals surface area contributed by atoms with Crippen LogP contribution in [0.3, 0.4) is 0 Å². The van der Waals surface area contributed by atoms with E-state index in [1.807, 2.05) is 11.0 Å². The number of fused-ring (bicyclic) bond motifs is 1. The normalized spacial score (nSPS) is 19.3. The quantitative estimate of drug-likeness (QED) is 0.774. The second-order valence-electron chi connectivity index (χ2n) is 7.64. The van der Waals surface area contributed by atoms with Gasteiger partial charge in [-0.3, -0.25) is 9.59 Å². The second kappa shape index (κ2) is 8.43. The van der Waals surface area contributed by atoms with Crippen LogP contribution in [0.1, 0.15) is 42.7 Å². The SMILES string of the molecule is O=C(Nc1ccc(Br)cn1)C1CCN(C(=O)CC2CCc3ccccc32)CC1. The van der Waals surface area contributed by atoms with E-state index in [1.54, 1.807) is 12.3 Å². The van der Waals surface area contributed by atoms with Gasteiger partial charge in [-0.15, -0.1) is 0 Å². The van der Waals surface area contributed by atoms with Gasteiger partial charge in [0.05, 0.1) is 0 Å². The number of benzene rings is 1. The van der Waals surface area contributed by atoms with E-state index >= 15 is 0 Å². The van der Waals surface area contributed by atoms with Crippen molar-refractivity contribution in [1.82, 2.24) is 9.88 Å². The van der Waals surface area contributed by atoms with E-state index in [9.17, 15) is 9.59 Å². The van der Waals surface area contributed by atoms with E-state index in [0.29, 0.717) is 44.1 Å². The lowest BCUT2D eigenvalue weighted by Crippen LogP contribution is -2.41. The Hall–Kier alpha value is -2.21. The second-order valence-corrected chi connectivity index (χ2v) is 8.56. The maximum absolute atomic E-state index is 12.8. The summed E-state index contributed by atoms with van der Waals surface area (Å²) in [6.45, 7) is 1.30. The number of carbonyl (C=O) groups excluding carboxylic acids is 2. The fraction of sp³-hybridized carbons (Fsp3) is 0.409. The largest absolute Gasteiger partial charge is 0.343 e. The molecule has 146 valence electrons. The minimum atomic E-state index is -0.0679. The van der Waals surface area contributed by atoms with Crippen LogP contribution < -0.4 is 5.32 Å². The number of hydrogen-bond donors (Lipinski definition) is 1. The van der Waals surface area contributed by atoms with Crippen LogP contribution in [0.5, 0.6) is 0 Å². The molecule has 0 radical (unpaired) electrons. The first-order chi connectivity index (χ1) is 13.6. The number of anilines is 1. The lowest BCUT2D eigenvalue weighted by Gasteiger charge is -2.32. The van der Waals surface area contributed by atoms with Crippen LogP contribution in [0.4, 0.5) is 5.82 Å². The summed E-state index contributed by atoms with van der Waals surface area (Å²) in [5, 5.41) is 2.88. The Bertz CT molecular complexity index is 860. The summed E-state index contributed by atoms with van der Waals surface area (Å²) in [6, 6.07) is 12.1. The third-order valence-corrected chi connectivity index (χ3v) is 6.34. The van der Waals surface area contributed by atoms with Gasteiger partial charge in [-0.1, -0.05) is 24.3 Å². The van der Waals surface area contributed by atoms with Gasteiger partial charge in [0, 0.05) is 36.1 Å². The summed E-state index contributed by atoms with van der Waals surface area (Å²) in [7, 11) is 0. The Morgan fingerprint density at radius 1 is 1.11 bits per heavy atom. The summed E-state index contributed by atoms with van der Waals surface area (Å²) in [5.74, 6) is 1.04. The van der Waals surface area contributed by atoms with Gasteiger partial charge in [0.25, 0.3) is 0 Å². The van der Waals surface area contributed by atoms with Crippen molar-refractivity contribution in [2.24, 2.45) is 5.92 Å². The van der Waals surface area contributed by atoms with Gasteiger partial charge < -0.3 is 10.2 Å². The van der Waals surface area contributed by atoms with E-state index < -0.39 is 0 Å². The lowest BCUT2D eigenvalue weighted by atomic mass is 9.93. The van der Waals surface area contributed by atoms with Crippen LogP contribution in [-0.4, -0.2) is 34.8 Å². The van der Waals surface area contributed by atoms with Crippen LogP contribution in [0, 0.1) is 5.92 Å². The molecule has 0 bridgehead atoms. The molecule has 1 aliphatic heterocycles. The third-order valence-electron chi connectivity index (χ3n) is 5.88. The third kappa shape index (κ3) is 4.27. The van der Waals surface area contributed by atoms with E-state index in [-0.39, 0.29) is 17.7 Å². The lowest BCUT2D eigenvalue weighted by molar-refractivity contribution is -0.134. The average molecular weight is 442 g/mol. The van der Waals surface area contributed by atoms with E-state index in [1.165, 1.54) is 11.1 Å². The molecule has 1 unspecified atom stereocenters. The predicted octanol–water partition coefficient (Wildman–Crippen LogP) is 4.14. The molecule has 1 N–H and O–H groups in total. The van der Waals surface area contributed by atoms with Crippen molar-refractivity contribution in [1.29, 1.82) is 0 Å². The highest BCUT2D eigenvalue weighted by atomic mass is 79.9. The molecule has 0 saturated carbocycles. The Labute approximate surface area is 173 Å². The zero-order chi connectivity index (χ0) is 19.5. The first kappa shape index (κ1) is 19.1. The predicted molar refractivity (Wildman–Crippen MR) is 112 cm³/mol. The highest BCUT2D eigenvalue weighted by Gasteiger charge is 2.30.